The molecule has 52 heavy (non-hydrogen) atoms. The summed E-state index contributed by atoms with van der Waals surface area (Å²) in [5.41, 5.74) is 2.35. The molecule has 0 spiro atoms. The van der Waals surface area contributed by atoms with Crippen molar-refractivity contribution in [3.63, 3.8) is 0 Å². The summed E-state index contributed by atoms with van der Waals surface area (Å²) in [7, 11) is -3.81. The molecule has 2 aliphatic heterocycles. The first-order valence-corrected chi connectivity index (χ1v) is 17.9. The highest BCUT2D eigenvalue weighted by Gasteiger charge is 2.37. The van der Waals surface area contributed by atoms with Crippen LogP contribution in [0.25, 0.3) is 0 Å². The van der Waals surface area contributed by atoms with Gasteiger partial charge in [0.1, 0.15) is 23.8 Å². The zero-order chi connectivity index (χ0) is 38.2. The minimum atomic E-state index is -3.81. The lowest BCUT2D eigenvalue weighted by Crippen LogP contribution is -2.55. The minimum Gasteiger partial charge on any atom is -0.481 e. The van der Waals surface area contributed by atoms with Crippen molar-refractivity contribution >= 4 is 45.5 Å². The topological polar surface area (TPSA) is 233 Å². The molecule has 1 aromatic carbocycles. The monoisotopic (exact) mass is 731 g/mol. The van der Waals surface area contributed by atoms with E-state index in [0.717, 1.165) is 0 Å². The number of nitriles is 2. The molecule has 2 aromatic heterocycles. The number of pyridine rings is 2. The molecular weight excluding hydrogens is 694 g/mol. The molecule has 0 aliphatic carbocycles. The number of carboxylic acids is 1. The molecule has 1 amide bonds. The number of anilines is 2. The standard InChI is InChI=1S/C21H22N4O5S.C14H15N3O4/c1-3-30-21(27)18-9-16(10-22)19(23-14(18)2)25-11-17(12-25)20(26)24-31(28,29)13-15-7-5-4-6-8-15;1-3-21-14(20)11-4-9(5-15)12(16-8(11)2)17-6-10(7-17)13(18)19/h4-9,17H,3,11-13H2,1-2H3,(H,24,26);4,10H,3,6-7H2,1-2H3,(H,18,19). The van der Waals surface area contributed by atoms with Crippen LogP contribution in [0.4, 0.5) is 11.6 Å². The fourth-order valence-corrected chi connectivity index (χ4v) is 6.53. The van der Waals surface area contributed by atoms with E-state index in [4.69, 9.17) is 14.6 Å². The van der Waals surface area contributed by atoms with E-state index in [1.807, 2.05) is 12.1 Å². The van der Waals surface area contributed by atoms with Crippen molar-refractivity contribution in [1.82, 2.24) is 14.7 Å². The number of carboxylic acid groups (broad SMARTS) is 1. The Labute approximate surface area is 300 Å². The Bertz CT molecular complexity index is 2050. The van der Waals surface area contributed by atoms with Crippen molar-refractivity contribution in [1.29, 1.82) is 10.5 Å². The average molecular weight is 732 g/mol. The summed E-state index contributed by atoms with van der Waals surface area (Å²) < 4.78 is 36.5. The molecule has 16 nitrogen and oxygen atoms in total. The highest BCUT2D eigenvalue weighted by atomic mass is 32.2. The maximum atomic E-state index is 12.4. The van der Waals surface area contributed by atoms with Crippen molar-refractivity contribution in [3.8, 4) is 12.1 Å². The molecule has 17 heteroatoms. The lowest BCUT2D eigenvalue weighted by molar-refractivity contribution is -0.142. The van der Waals surface area contributed by atoms with E-state index in [9.17, 15) is 38.1 Å². The van der Waals surface area contributed by atoms with Crippen LogP contribution in [-0.4, -0.2) is 86.7 Å². The summed E-state index contributed by atoms with van der Waals surface area (Å²) >= 11 is 0. The summed E-state index contributed by atoms with van der Waals surface area (Å²) in [5, 5.41) is 27.5. The van der Waals surface area contributed by atoms with Gasteiger partial charge in [0.15, 0.2) is 0 Å². The van der Waals surface area contributed by atoms with Crippen molar-refractivity contribution in [2.75, 3.05) is 49.2 Å². The van der Waals surface area contributed by atoms with Crippen molar-refractivity contribution in [2.45, 2.75) is 33.4 Å². The van der Waals surface area contributed by atoms with Crippen LogP contribution >= 0.6 is 0 Å². The number of carbonyl (C=O) groups excluding carboxylic acids is 3. The number of rotatable bonds is 11. The quantitative estimate of drug-likeness (QED) is 0.270. The second-order valence-electron chi connectivity index (χ2n) is 11.9. The fraction of sp³-hybridized carbons (Fsp3) is 0.371. The van der Waals surface area contributed by atoms with Crippen molar-refractivity contribution < 1.29 is 42.2 Å². The third kappa shape index (κ3) is 9.18. The number of amides is 1. The van der Waals surface area contributed by atoms with Crippen molar-refractivity contribution in [2.24, 2.45) is 11.8 Å². The number of sulfonamides is 1. The molecule has 2 N–H and O–H groups in total. The highest BCUT2D eigenvalue weighted by Crippen LogP contribution is 2.29. The number of hydrogen-bond donors (Lipinski definition) is 2. The first-order chi connectivity index (χ1) is 24.7. The summed E-state index contributed by atoms with van der Waals surface area (Å²) in [6.45, 7) is 8.19. The predicted octanol–water partition coefficient (Wildman–Crippen LogP) is 2.48. The van der Waals surface area contributed by atoms with E-state index in [0.29, 0.717) is 41.7 Å². The van der Waals surface area contributed by atoms with Gasteiger partial charge in [-0.1, -0.05) is 30.3 Å². The van der Waals surface area contributed by atoms with Gasteiger partial charge in [0.2, 0.25) is 15.9 Å². The molecule has 5 rings (SSSR count). The molecule has 0 radical (unpaired) electrons. The molecule has 0 bridgehead atoms. The first kappa shape index (κ1) is 38.7. The van der Waals surface area contributed by atoms with Crippen LogP contribution in [-0.2, 0) is 34.8 Å². The van der Waals surface area contributed by atoms with Crippen LogP contribution in [0.1, 0.15) is 62.6 Å². The van der Waals surface area contributed by atoms with E-state index in [1.54, 1.807) is 67.8 Å². The van der Waals surface area contributed by atoms with Gasteiger partial charge >= 0.3 is 17.9 Å². The number of benzene rings is 1. The van der Waals surface area contributed by atoms with Gasteiger partial charge < -0.3 is 24.4 Å². The van der Waals surface area contributed by atoms with Crippen molar-refractivity contribution in [3.05, 3.63) is 81.7 Å². The molecule has 0 atom stereocenters. The smallest absolute Gasteiger partial charge is 0.340 e. The summed E-state index contributed by atoms with van der Waals surface area (Å²) in [6, 6.07) is 15.5. The number of ether oxygens (including phenoxy) is 2. The molecule has 3 aromatic rings. The minimum absolute atomic E-state index is 0.184. The summed E-state index contributed by atoms with van der Waals surface area (Å²) in [5.74, 6) is -3.03. The number of aliphatic carboxylic acids is 1. The Balaban J connectivity index is 0.000000251. The molecule has 272 valence electrons. The number of hydrogen-bond acceptors (Lipinski definition) is 14. The Kier molecular flexibility index (Phi) is 12.5. The average Bonchev–Trinajstić information content (AvgIpc) is 3.04. The SMILES string of the molecule is CCOC(=O)c1cc(C#N)c(N2CC(C(=O)NS(=O)(=O)Cc3ccccc3)C2)nc1C.CCOC(=O)c1cc(C#N)c(N2CC(C(=O)O)C2)nc1C. The molecule has 2 fully saturated rings. The number of esters is 2. The van der Waals surface area contributed by atoms with Gasteiger partial charge in [-0.25, -0.2) is 28.0 Å². The van der Waals surface area contributed by atoms with Crippen LogP contribution in [0.15, 0.2) is 42.5 Å². The van der Waals surface area contributed by atoms with E-state index < -0.39 is 45.7 Å². The normalized spacial score (nSPS) is 14.0. The van der Waals surface area contributed by atoms with Crippen LogP contribution in [0.3, 0.4) is 0 Å². The summed E-state index contributed by atoms with van der Waals surface area (Å²) in [4.78, 5) is 59.0. The molecule has 2 saturated heterocycles. The lowest BCUT2D eigenvalue weighted by atomic mass is 9.98. The molecular formula is C35H37N7O9S. The number of nitrogens with zero attached hydrogens (tertiary/aromatic N) is 6. The van der Waals surface area contributed by atoms with Gasteiger partial charge in [0.05, 0.1) is 64.4 Å². The Hall–Kier alpha value is -6.07. The number of nitrogens with one attached hydrogen (secondary N) is 1. The molecule has 4 heterocycles. The zero-order valence-corrected chi connectivity index (χ0v) is 29.8. The van der Waals surface area contributed by atoms with E-state index in [2.05, 4.69) is 14.7 Å². The van der Waals surface area contributed by atoms with E-state index in [1.165, 1.54) is 12.1 Å². The van der Waals surface area contributed by atoms with Gasteiger partial charge in [-0.2, -0.15) is 10.5 Å². The fourth-order valence-electron chi connectivity index (χ4n) is 5.35. The second kappa shape index (κ2) is 16.8. The van der Waals surface area contributed by atoms with Crippen LogP contribution in [0.2, 0.25) is 0 Å². The van der Waals surface area contributed by atoms with Crippen LogP contribution in [0, 0.1) is 48.3 Å². The van der Waals surface area contributed by atoms with Gasteiger partial charge in [-0.05, 0) is 45.4 Å². The van der Waals surface area contributed by atoms with Gasteiger partial charge in [0.25, 0.3) is 0 Å². The predicted molar refractivity (Wildman–Crippen MR) is 186 cm³/mol. The maximum absolute atomic E-state index is 12.4. The Morgan fingerprint density at radius 2 is 1.27 bits per heavy atom. The molecule has 2 aliphatic rings. The third-order valence-electron chi connectivity index (χ3n) is 8.16. The zero-order valence-electron chi connectivity index (χ0n) is 29.0. The number of aryl methyl sites for hydroxylation is 2. The lowest BCUT2D eigenvalue weighted by Gasteiger charge is -2.39. The molecule has 0 saturated carbocycles. The van der Waals surface area contributed by atoms with Gasteiger partial charge in [0, 0.05) is 26.2 Å². The first-order valence-electron chi connectivity index (χ1n) is 16.2. The van der Waals surface area contributed by atoms with Gasteiger partial charge in [-0.3, -0.25) is 14.3 Å². The van der Waals surface area contributed by atoms with E-state index in [-0.39, 0.29) is 54.3 Å². The highest BCUT2D eigenvalue weighted by molar-refractivity contribution is 7.89. The maximum Gasteiger partial charge on any atom is 0.340 e. The van der Waals surface area contributed by atoms with Gasteiger partial charge in [-0.15, -0.1) is 0 Å². The Morgan fingerprint density at radius 1 is 0.827 bits per heavy atom. The van der Waals surface area contributed by atoms with Crippen LogP contribution < -0.4 is 14.5 Å². The van der Waals surface area contributed by atoms with E-state index >= 15 is 0 Å². The molecule has 0 unspecified atom stereocenters. The summed E-state index contributed by atoms with van der Waals surface area (Å²) in [6.07, 6.45) is 0. The largest absolute Gasteiger partial charge is 0.481 e. The Morgan fingerprint density at radius 3 is 1.67 bits per heavy atom. The number of carbonyl (C=O) groups is 4. The second-order valence-corrected chi connectivity index (χ2v) is 13.6. The number of aromatic nitrogens is 2. The third-order valence-corrected chi connectivity index (χ3v) is 9.38. The van der Waals surface area contributed by atoms with Crippen LogP contribution in [0.5, 0.6) is 0 Å².